The Morgan fingerprint density at radius 1 is 1.21 bits per heavy atom. The summed E-state index contributed by atoms with van der Waals surface area (Å²) in [7, 11) is 0. The molecule has 34 heavy (non-hydrogen) atoms. The molecule has 1 amide bonds. The number of oxazole rings is 1. The van der Waals surface area contributed by atoms with E-state index in [1.165, 1.54) is 9.47 Å². The molecule has 0 aliphatic carbocycles. The maximum absolute atomic E-state index is 13.2. The maximum Gasteiger partial charge on any atom is 0.330 e. The topological polar surface area (TPSA) is 127 Å². The van der Waals surface area contributed by atoms with E-state index in [1.54, 1.807) is 12.3 Å². The second-order valence-corrected chi connectivity index (χ2v) is 8.40. The maximum atomic E-state index is 13.2. The lowest BCUT2D eigenvalue weighted by Gasteiger charge is -2.24. The number of aromatic nitrogens is 3. The number of rotatable bonds is 11. The van der Waals surface area contributed by atoms with Gasteiger partial charge in [0, 0.05) is 31.5 Å². The van der Waals surface area contributed by atoms with Crippen molar-refractivity contribution in [2.24, 2.45) is 0 Å². The number of aryl methyl sites for hydroxylation is 1. The number of aromatic amines is 1. The second kappa shape index (κ2) is 11.7. The van der Waals surface area contributed by atoms with E-state index in [-0.39, 0.29) is 30.3 Å². The Morgan fingerprint density at radius 3 is 2.65 bits per heavy atom. The van der Waals surface area contributed by atoms with Gasteiger partial charge in [0.1, 0.15) is 5.82 Å². The molecule has 0 radical (unpaired) electrons. The van der Waals surface area contributed by atoms with E-state index in [1.807, 2.05) is 32.0 Å². The Bertz CT molecular complexity index is 1250. The number of nitrogens with one attached hydrogen (secondary N) is 1. The highest BCUT2D eigenvalue weighted by Gasteiger charge is 2.24. The van der Waals surface area contributed by atoms with E-state index in [4.69, 9.17) is 21.8 Å². The average Bonchev–Trinajstić information content (AvgIpc) is 3.28. The van der Waals surface area contributed by atoms with Crippen LogP contribution in [-0.2, 0) is 17.8 Å². The number of benzene rings is 1. The molecule has 0 fully saturated rings. The van der Waals surface area contributed by atoms with Gasteiger partial charge in [0.25, 0.3) is 5.56 Å². The molecule has 1 aromatic carbocycles. The molecule has 0 atom stereocenters. The number of unbranched alkanes of at least 4 members (excludes halogenated alkanes) is 2. The van der Waals surface area contributed by atoms with Crippen molar-refractivity contribution in [3.05, 3.63) is 62.2 Å². The first-order valence-electron chi connectivity index (χ1n) is 11.5. The Morgan fingerprint density at radius 2 is 1.94 bits per heavy atom. The summed E-state index contributed by atoms with van der Waals surface area (Å²) in [5, 5.41) is 0.542. The normalized spacial score (nSPS) is 11.0. The molecule has 0 saturated carbocycles. The predicted molar refractivity (Wildman–Crippen MR) is 133 cm³/mol. The van der Waals surface area contributed by atoms with Crippen molar-refractivity contribution in [3.8, 4) is 11.3 Å². The van der Waals surface area contributed by atoms with E-state index in [0.717, 1.165) is 19.3 Å². The largest absolute Gasteiger partial charge is 0.441 e. The van der Waals surface area contributed by atoms with Crippen LogP contribution in [0.15, 0.2) is 44.5 Å². The number of hydrogen-bond donors (Lipinski definition) is 2. The zero-order valence-corrected chi connectivity index (χ0v) is 20.2. The molecule has 3 rings (SSSR count). The van der Waals surface area contributed by atoms with Crippen LogP contribution in [0.25, 0.3) is 11.3 Å². The van der Waals surface area contributed by atoms with Gasteiger partial charge in [-0.3, -0.25) is 19.1 Å². The second-order valence-electron chi connectivity index (χ2n) is 8.00. The lowest BCUT2D eigenvalue weighted by atomic mass is 10.2. The van der Waals surface area contributed by atoms with Gasteiger partial charge in [0.05, 0.1) is 11.2 Å². The number of halogens is 1. The first-order valence-corrected chi connectivity index (χ1v) is 11.9. The smallest absolute Gasteiger partial charge is 0.330 e. The first kappa shape index (κ1) is 25.3. The van der Waals surface area contributed by atoms with Gasteiger partial charge in [-0.25, -0.2) is 9.78 Å². The summed E-state index contributed by atoms with van der Waals surface area (Å²) < 4.78 is 7.11. The molecule has 2 heterocycles. The molecular formula is C24H30ClN5O4. The molecule has 0 spiro atoms. The van der Waals surface area contributed by atoms with Crippen molar-refractivity contribution in [3.63, 3.8) is 0 Å². The van der Waals surface area contributed by atoms with Gasteiger partial charge in [-0.1, -0.05) is 50.4 Å². The number of amides is 1. The third-order valence-electron chi connectivity index (χ3n) is 5.50. The molecule has 0 bridgehead atoms. The summed E-state index contributed by atoms with van der Waals surface area (Å²) in [5.74, 6) is 0.598. The van der Waals surface area contributed by atoms with Crippen molar-refractivity contribution < 1.29 is 9.21 Å². The van der Waals surface area contributed by atoms with Crippen LogP contribution in [0.5, 0.6) is 0 Å². The number of nitrogen functional groups attached to an aromatic ring is 1. The average molecular weight is 488 g/mol. The summed E-state index contributed by atoms with van der Waals surface area (Å²) in [6.45, 7) is 4.65. The molecule has 9 nitrogen and oxygen atoms in total. The fourth-order valence-electron chi connectivity index (χ4n) is 3.61. The Balaban J connectivity index is 1.83. The van der Waals surface area contributed by atoms with Crippen molar-refractivity contribution >= 4 is 29.0 Å². The Labute approximate surface area is 202 Å². The van der Waals surface area contributed by atoms with Gasteiger partial charge < -0.3 is 15.1 Å². The molecule has 10 heteroatoms. The third kappa shape index (κ3) is 5.77. The highest BCUT2D eigenvalue weighted by atomic mass is 35.5. The molecule has 182 valence electrons. The summed E-state index contributed by atoms with van der Waals surface area (Å²) in [4.78, 5) is 46.1. The summed E-state index contributed by atoms with van der Waals surface area (Å²) in [6.07, 6.45) is 4.93. The number of carbonyl (C=O) groups is 1. The number of hydrogen-bond acceptors (Lipinski definition) is 6. The van der Waals surface area contributed by atoms with Crippen LogP contribution >= 0.6 is 11.6 Å². The van der Waals surface area contributed by atoms with Gasteiger partial charge in [-0.15, -0.1) is 0 Å². The van der Waals surface area contributed by atoms with Crippen molar-refractivity contribution in [1.82, 2.24) is 14.5 Å². The van der Waals surface area contributed by atoms with Crippen LogP contribution in [0.3, 0.4) is 0 Å². The minimum absolute atomic E-state index is 0.00350. The minimum atomic E-state index is -0.670. The van der Waals surface area contributed by atoms with Crippen LogP contribution in [0.2, 0.25) is 5.02 Å². The monoisotopic (exact) mass is 487 g/mol. The zero-order valence-electron chi connectivity index (χ0n) is 19.5. The summed E-state index contributed by atoms with van der Waals surface area (Å²) in [6, 6.07) is 7.26. The summed E-state index contributed by atoms with van der Waals surface area (Å²) in [5.41, 5.74) is 5.71. The molecular weight excluding hydrogens is 458 g/mol. The number of nitrogens with two attached hydrogens (primary N) is 1. The van der Waals surface area contributed by atoms with Crippen LogP contribution in [0.1, 0.15) is 51.8 Å². The third-order valence-corrected chi connectivity index (χ3v) is 5.83. The Hall–Kier alpha value is -3.33. The lowest BCUT2D eigenvalue weighted by molar-refractivity contribution is -0.118. The fourth-order valence-corrected chi connectivity index (χ4v) is 3.84. The number of H-pyrrole nitrogens is 1. The minimum Gasteiger partial charge on any atom is -0.441 e. The van der Waals surface area contributed by atoms with Crippen LogP contribution in [0, 0.1) is 0 Å². The number of anilines is 2. The molecule has 2 aromatic heterocycles. The number of nitrogens with zero attached hydrogens (tertiary/aromatic N) is 3. The van der Waals surface area contributed by atoms with Gasteiger partial charge >= 0.3 is 5.69 Å². The molecule has 3 aromatic rings. The van der Waals surface area contributed by atoms with E-state index in [9.17, 15) is 14.4 Å². The predicted octanol–water partition coefficient (Wildman–Crippen LogP) is 3.99. The fraction of sp³-hybridized carbons (Fsp3) is 0.417. The summed E-state index contributed by atoms with van der Waals surface area (Å²) >= 11 is 6.22. The molecule has 0 aliphatic rings. The first-order chi connectivity index (χ1) is 16.4. The van der Waals surface area contributed by atoms with Gasteiger partial charge in [0.2, 0.25) is 5.91 Å². The highest BCUT2D eigenvalue weighted by Crippen LogP contribution is 2.28. The Kier molecular flexibility index (Phi) is 8.70. The van der Waals surface area contributed by atoms with Crippen molar-refractivity contribution in [1.29, 1.82) is 0 Å². The standard InChI is InChI=1S/C24H30ClN5O4/c1-3-5-13-29(21-22(26)30(14-6-4-2)24(33)28-23(21)32)20(31)12-11-19-27-15-18(34-19)16-9-7-8-10-17(16)25/h7-10,15H,3-6,11-14,26H2,1-2H3,(H,28,32,33). The highest BCUT2D eigenvalue weighted by molar-refractivity contribution is 6.33. The van der Waals surface area contributed by atoms with E-state index >= 15 is 0 Å². The van der Waals surface area contributed by atoms with Gasteiger partial charge in [-0.2, -0.15) is 0 Å². The van der Waals surface area contributed by atoms with E-state index < -0.39 is 11.2 Å². The van der Waals surface area contributed by atoms with Crippen LogP contribution < -0.4 is 21.9 Å². The molecule has 0 unspecified atom stereocenters. The molecule has 3 N–H and O–H groups in total. The number of carbonyl (C=O) groups excluding carboxylic acids is 1. The lowest BCUT2D eigenvalue weighted by Crippen LogP contribution is -2.41. The molecule has 0 saturated heterocycles. The molecule has 0 aliphatic heterocycles. The van der Waals surface area contributed by atoms with E-state index in [2.05, 4.69) is 9.97 Å². The zero-order chi connectivity index (χ0) is 24.7. The van der Waals surface area contributed by atoms with Gasteiger partial charge in [-0.05, 0) is 25.0 Å². The van der Waals surface area contributed by atoms with E-state index in [0.29, 0.717) is 41.7 Å². The van der Waals surface area contributed by atoms with Crippen LogP contribution in [0.4, 0.5) is 11.5 Å². The SMILES string of the molecule is CCCCN(C(=O)CCc1ncc(-c2ccccc2Cl)o1)c1c(N)n(CCCC)c(=O)[nH]c1=O. The quantitative estimate of drug-likeness (QED) is 0.421. The van der Waals surface area contributed by atoms with Crippen molar-refractivity contribution in [2.75, 3.05) is 17.2 Å². The van der Waals surface area contributed by atoms with Crippen molar-refractivity contribution in [2.45, 2.75) is 58.9 Å². The van der Waals surface area contributed by atoms with Gasteiger partial charge in [0.15, 0.2) is 17.3 Å². The van der Waals surface area contributed by atoms with Crippen LogP contribution in [-0.4, -0.2) is 27.0 Å².